The fourth-order valence-corrected chi connectivity index (χ4v) is 3.48. The zero-order chi connectivity index (χ0) is 20.1. The Morgan fingerprint density at radius 1 is 1.25 bits per heavy atom. The topological polar surface area (TPSA) is 87.9 Å². The lowest BCUT2D eigenvalue weighted by atomic mass is 10.1. The summed E-state index contributed by atoms with van der Waals surface area (Å²) in [6.45, 7) is 5.46. The summed E-state index contributed by atoms with van der Waals surface area (Å²) >= 11 is 0. The van der Waals surface area contributed by atoms with Crippen LogP contribution in [0, 0.1) is 6.92 Å². The van der Waals surface area contributed by atoms with E-state index in [2.05, 4.69) is 5.10 Å². The molecule has 8 heteroatoms. The number of hydrogen-bond acceptors (Lipinski definition) is 5. The minimum Gasteiger partial charge on any atom is -0.465 e. The summed E-state index contributed by atoms with van der Waals surface area (Å²) in [7, 11) is 0. The van der Waals surface area contributed by atoms with E-state index < -0.39 is 6.09 Å². The maximum atomic E-state index is 12.4. The molecule has 2 aromatic rings. The molecule has 0 radical (unpaired) electrons. The van der Waals surface area contributed by atoms with Crippen LogP contribution in [0.25, 0.3) is 0 Å². The number of hydrogen-bond donors (Lipinski definition) is 1. The smallest absolute Gasteiger partial charge is 0.407 e. The Kier molecular flexibility index (Phi) is 6.30. The summed E-state index contributed by atoms with van der Waals surface area (Å²) in [4.78, 5) is 27.4. The first-order chi connectivity index (χ1) is 13.4. The average Bonchev–Trinajstić information content (AvgIpc) is 3.07. The maximum Gasteiger partial charge on any atom is 0.407 e. The van der Waals surface area contributed by atoms with Gasteiger partial charge in [0.2, 0.25) is 0 Å². The first-order valence-electron chi connectivity index (χ1n) is 9.34. The van der Waals surface area contributed by atoms with Crippen LogP contribution >= 0.6 is 0 Å². The predicted molar refractivity (Wildman–Crippen MR) is 103 cm³/mol. The average molecular weight is 386 g/mol. The fourth-order valence-electron chi connectivity index (χ4n) is 3.48. The second-order valence-corrected chi connectivity index (χ2v) is 7.25. The summed E-state index contributed by atoms with van der Waals surface area (Å²) in [6, 6.07) is 9.17. The van der Waals surface area contributed by atoms with Gasteiger partial charge in [-0.3, -0.25) is 14.4 Å². The third-order valence-electron chi connectivity index (χ3n) is 4.94. The highest BCUT2D eigenvalue weighted by atomic mass is 16.5. The molecule has 0 aliphatic carbocycles. The van der Waals surface area contributed by atoms with E-state index in [0.717, 1.165) is 11.1 Å². The third-order valence-corrected chi connectivity index (χ3v) is 4.94. The van der Waals surface area contributed by atoms with Gasteiger partial charge >= 0.3 is 12.1 Å². The molecule has 1 N–H and O–H groups in total. The Morgan fingerprint density at radius 2 is 2.00 bits per heavy atom. The molecule has 3 rings (SSSR count). The van der Waals surface area contributed by atoms with E-state index in [1.54, 1.807) is 10.9 Å². The second kappa shape index (κ2) is 8.88. The van der Waals surface area contributed by atoms with E-state index in [-0.39, 0.29) is 31.2 Å². The molecule has 2 atom stereocenters. The highest BCUT2D eigenvalue weighted by Crippen LogP contribution is 2.17. The number of ether oxygens (including phenoxy) is 1. The summed E-state index contributed by atoms with van der Waals surface area (Å²) < 4.78 is 7.20. The Labute approximate surface area is 164 Å². The van der Waals surface area contributed by atoms with Gasteiger partial charge in [-0.05, 0) is 25.0 Å². The van der Waals surface area contributed by atoms with Crippen LogP contribution in [0.1, 0.15) is 18.1 Å². The molecular weight excluding hydrogens is 360 g/mol. The summed E-state index contributed by atoms with van der Waals surface area (Å²) in [6.07, 6.45) is 2.73. The van der Waals surface area contributed by atoms with Gasteiger partial charge in [0.1, 0.15) is 6.61 Å². The number of amides is 1. The minimum absolute atomic E-state index is 0.121. The van der Waals surface area contributed by atoms with Crippen LogP contribution in [0.15, 0.2) is 42.7 Å². The molecule has 1 aliphatic rings. The van der Waals surface area contributed by atoms with Crippen molar-refractivity contribution >= 4 is 12.1 Å². The Morgan fingerprint density at radius 3 is 2.64 bits per heavy atom. The number of benzene rings is 1. The molecule has 1 amide bonds. The number of carbonyl (C=O) groups excluding carboxylic acids is 1. The van der Waals surface area contributed by atoms with E-state index in [4.69, 9.17) is 4.74 Å². The highest BCUT2D eigenvalue weighted by Gasteiger charge is 2.35. The number of carbonyl (C=O) groups is 2. The van der Waals surface area contributed by atoms with Gasteiger partial charge in [-0.15, -0.1) is 0 Å². The van der Waals surface area contributed by atoms with Crippen molar-refractivity contribution in [3.05, 3.63) is 53.9 Å². The maximum absolute atomic E-state index is 12.4. The normalized spacial score (nSPS) is 20.1. The van der Waals surface area contributed by atoms with E-state index in [9.17, 15) is 14.7 Å². The van der Waals surface area contributed by atoms with Gasteiger partial charge in [0, 0.05) is 31.4 Å². The standard InChI is InChI=1S/C20H26N4O4/c1-15-8-21-23(9-15)11-18-12-24(20(26)27)16(2)10-22(18)13-19(25)28-14-17-6-4-3-5-7-17/h3-9,16,18H,10-14H2,1-2H3,(H,26,27)/t16-,18+/m1/s1. The molecule has 0 spiro atoms. The first kappa shape index (κ1) is 19.9. The van der Waals surface area contributed by atoms with Crippen molar-refractivity contribution in [2.45, 2.75) is 39.1 Å². The first-order valence-corrected chi connectivity index (χ1v) is 9.34. The van der Waals surface area contributed by atoms with Crippen LogP contribution in [-0.2, 0) is 22.7 Å². The number of piperazine rings is 1. The van der Waals surface area contributed by atoms with E-state index in [1.165, 1.54) is 4.90 Å². The highest BCUT2D eigenvalue weighted by molar-refractivity contribution is 5.72. The quantitative estimate of drug-likeness (QED) is 0.764. The van der Waals surface area contributed by atoms with Crippen molar-refractivity contribution in [1.82, 2.24) is 19.6 Å². The van der Waals surface area contributed by atoms with Crippen LogP contribution in [0.5, 0.6) is 0 Å². The van der Waals surface area contributed by atoms with Crippen molar-refractivity contribution in [2.75, 3.05) is 19.6 Å². The molecule has 1 aliphatic heterocycles. The zero-order valence-electron chi connectivity index (χ0n) is 16.2. The number of rotatable bonds is 6. The monoisotopic (exact) mass is 386 g/mol. The predicted octanol–water partition coefficient (Wildman–Crippen LogP) is 1.99. The molecule has 0 unspecified atom stereocenters. The molecule has 1 saturated heterocycles. The Bertz CT molecular complexity index is 808. The van der Waals surface area contributed by atoms with Crippen molar-refractivity contribution in [2.24, 2.45) is 0 Å². The lowest BCUT2D eigenvalue weighted by Gasteiger charge is -2.43. The number of nitrogens with zero attached hydrogens (tertiary/aromatic N) is 4. The molecule has 28 heavy (non-hydrogen) atoms. The summed E-state index contributed by atoms with van der Waals surface area (Å²) in [5.74, 6) is -0.318. The second-order valence-electron chi connectivity index (χ2n) is 7.25. The fraction of sp³-hybridized carbons (Fsp3) is 0.450. The molecule has 150 valence electrons. The molecular formula is C20H26N4O4. The van der Waals surface area contributed by atoms with Crippen molar-refractivity contribution < 1.29 is 19.4 Å². The number of aromatic nitrogens is 2. The Hall–Kier alpha value is -2.87. The van der Waals surface area contributed by atoms with Gasteiger partial charge in [-0.1, -0.05) is 30.3 Å². The lowest BCUT2D eigenvalue weighted by Crippen LogP contribution is -2.60. The molecule has 1 aromatic carbocycles. The number of esters is 1. The van der Waals surface area contributed by atoms with Crippen molar-refractivity contribution in [3.8, 4) is 0 Å². The third kappa shape index (κ3) is 5.10. The van der Waals surface area contributed by atoms with Crippen LogP contribution in [0.3, 0.4) is 0 Å². The van der Waals surface area contributed by atoms with Crippen LogP contribution in [0.4, 0.5) is 4.79 Å². The van der Waals surface area contributed by atoms with E-state index in [1.807, 2.05) is 55.3 Å². The van der Waals surface area contributed by atoms with Crippen LogP contribution in [0.2, 0.25) is 0 Å². The van der Waals surface area contributed by atoms with Crippen molar-refractivity contribution in [1.29, 1.82) is 0 Å². The molecule has 1 aromatic heterocycles. The molecule has 1 fully saturated rings. The van der Waals surface area contributed by atoms with E-state index in [0.29, 0.717) is 19.6 Å². The lowest BCUT2D eigenvalue weighted by molar-refractivity contribution is -0.148. The van der Waals surface area contributed by atoms with Crippen molar-refractivity contribution in [3.63, 3.8) is 0 Å². The molecule has 0 saturated carbocycles. The van der Waals surface area contributed by atoms with E-state index >= 15 is 0 Å². The van der Waals surface area contributed by atoms with Crippen LogP contribution < -0.4 is 0 Å². The SMILES string of the molecule is Cc1cnn(C[C@H]2CN(C(=O)O)[C@H](C)CN2CC(=O)OCc2ccccc2)c1. The molecule has 2 heterocycles. The largest absolute Gasteiger partial charge is 0.465 e. The summed E-state index contributed by atoms with van der Waals surface area (Å²) in [5, 5.41) is 13.8. The van der Waals surface area contributed by atoms with Gasteiger partial charge in [-0.25, -0.2) is 4.79 Å². The summed E-state index contributed by atoms with van der Waals surface area (Å²) in [5.41, 5.74) is 1.97. The molecule has 0 bridgehead atoms. The minimum atomic E-state index is -0.944. The van der Waals surface area contributed by atoms with Gasteiger partial charge in [0.25, 0.3) is 0 Å². The van der Waals surface area contributed by atoms with Gasteiger partial charge in [0.05, 0.1) is 19.3 Å². The van der Waals surface area contributed by atoms with Gasteiger partial charge in [0.15, 0.2) is 0 Å². The van der Waals surface area contributed by atoms with Gasteiger partial charge < -0.3 is 14.7 Å². The molecule has 8 nitrogen and oxygen atoms in total. The van der Waals surface area contributed by atoms with Gasteiger partial charge in [-0.2, -0.15) is 5.10 Å². The number of carboxylic acid groups (broad SMARTS) is 1. The van der Waals surface area contributed by atoms with Crippen LogP contribution in [-0.4, -0.2) is 68.5 Å². The zero-order valence-corrected chi connectivity index (χ0v) is 16.2. The number of aryl methyl sites for hydroxylation is 1. The Balaban J connectivity index is 1.64.